The molecule has 6 heteroatoms. The van der Waals surface area contributed by atoms with Gasteiger partial charge in [0.05, 0.1) is 6.10 Å². The van der Waals surface area contributed by atoms with Gasteiger partial charge in [0.15, 0.2) is 0 Å². The molecule has 0 aromatic heterocycles. The van der Waals surface area contributed by atoms with Gasteiger partial charge in [-0.05, 0) is 54.9 Å². The van der Waals surface area contributed by atoms with E-state index in [0.29, 0.717) is 19.5 Å². The van der Waals surface area contributed by atoms with E-state index < -0.39 is 0 Å². The van der Waals surface area contributed by atoms with Crippen molar-refractivity contribution in [3.8, 4) is 0 Å². The molecule has 1 aromatic carbocycles. The Morgan fingerprint density at radius 2 is 1.88 bits per heavy atom. The summed E-state index contributed by atoms with van der Waals surface area (Å²) in [4.78, 5) is 29.9. The maximum atomic E-state index is 13.4. The number of carbonyl (C=O) groups is 2. The summed E-state index contributed by atoms with van der Waals surface area (Å²) in [6.45, 7) is 12.2. The molecule has 1 fully saturated rings. The van der Waals surface area contributed by atoms with Gasteiger partial charge in [-0.3, -0.25) is 9.59 Å². The van der Waals surface area contributed by atoms with Gasteiger partial charge in [-0.15, -0.1) is 0 Å². The largest absolute Gasteiger partial charge is 0.377 e. The van der Waals surface area contributed by atoms with E-state index in [1.807, 2.05) is 37.2 Å². The lowest BCUT2D eigenvalue weighted by Gasteiger charge is -2.30. The van der Waals surface area contributed by atoms with E-state index in [-0.39, 0.29) is 29.3 Å². The molecule has 0 aliphatic carbocycles. The number of rotatable bonds is 10. The Kier molecular flexibility index (Phi) is 9.56. The van der Waals surface area contributed by atoms with Crippen LogP contribution in [0.5, 0.6) is 0 Å². The lowest BCUT2D eigenvalue weighted by Crippen LogP contribution is -2.40. The summed E-state index contributed by atoms with van der Waals surface area (Å²) >= 11 is 0. The number of nitrogens with zero attached hydrogens (tertiary/aromatic N) is 2. The fraction of sp³-hybridized carbons (Fsp3) is 0.692. The number of anilines is 2. The Hall–Kier alpha value is -2.08. The minimum Gasteiger partial charge on any atom is -0.377 e. The highest BCUT2D eigenvalue weighted by Crippen LogP contribution is 2.28. The van der Waals surface area contributed by atoms with Crippen LogP contribution in [-0.4, -0.2) is 50.1 Å². The SMILES string of the molecule is CCC(CC)C(=O)N(Cc1cc(NC(=O)CC(C)(C)C)ccc1N(C)C)CC1CCCO1. The monoisotopic (exact) mass is 445 g/mol. The fourth-order valence-electron chi connectivity index (χ4n) is 4.28. The molecule has 32 heavy (non-hydrogen) atoms. The van der Waals surface area contributed by atoms with Gasteiger partial charge in [0.1, 0.15) is 0 Å². The molecule has 0 spiro atoms. The number of hydrogen-bond donors (Lipinski definition) is 1. The third-order valence-corrected chi connectivity index (χ3v) is 5.99. The number of benzene rings is 1. The quantitative estimate of drug-likeness (QED) is 0.546. The first-order valence-corrected chi connectivity index (χ1v) is 12.0. The molecule has 0 radical (unpaired) electrons. The van der Waals surface area contributed by atoms with Crippen LogP contribution in [0.2, 0.25) is 0 Å². The lowest BCUT2D eigenvalue weighted by molar-refractivity contribution is -0.138. The highest BCUT2D eigenvalue weighted by Gasteiger charge is 2.27. The third-order valence-electron chi connectivity index (χ3n) is 5.99. The molecular weight excluding hydrogens is 402 g/mol. The summed E-state index contributed by atoms with van der Waals surface area (Å²) in [6, 6.07) is 5.97. The topological polar surface area (TPSA) is 61.9 Å². The van der Waals surface area contributed by atoms with E-state index >= 15 is 0 Å². The summed E-state index contributed by atoms with van der Waals surface area (Å²) in [5, 5.41) is 3.04. The molecule has 2 rings (SSSR count). The summed E-state index contributed by atoms with van der Waals surface area (Å²) in [6.07, 6.45) is 4.27. The van der Waals surface area contributed by atoms with Crippen LogP contribution in [0, 0.1) is 11.3 Å². The van der Waals surface area contributed by atoms with Gasteiger partial charge in [0.2, 0.25) is 11.8 Å². The van der Waals surface area contributed by atoms with E-state index in [1.165, 1.54) is 0 Å². The molecule has 1 unspecified atom stereocenters. The highest BCUT2D eigenvalue weighted by molar-refractivity contribution is 5.91. The molecule has 1 N–H and O–H groups in total. The Labute approximate surface area is 194 Å². The zero-order valence-corrected chi connectivity index (χ0v) is 21.2. The molecule has 180 valence electrons. The van der Waals surface area contributed by atoms with E-state index in [1.54, 1.807) is 0 Å². The average molecular weight is 446 g/mol. The van der Waals surface area contributed by atoms with Crippen molar-refractivity contribution in [1.82, 2.24) is 4.90 Å². The van der Waals surface area contributed by atoms with Gasteiger partial charge in [-0.25, -0.2) is 0 Å². The van der Waals surface area contributed by atoms with Crippen molar-refractivity contribution in [2.75, 3.05) is 37.5 Å². The molecule has 1 atom stereocenters. The summed E-state index contributed by atoms with van der Waals surface area (Å²) in [7, 11) is 4.01. The van der Waals surface area contributed by atoms with Crippen molar-refractivity contribution >= 4 is 23.2 Å². The number of amides is 2. The van der Waals surface area contributed by atoms with E-state index in [4.69, 9.17) is 4.74 Å². The Morgan fingerprint density at radius 1 is 1.19 bits per heavy atom. The van der Waals surface area contributed by atoms with Crippen LogP contribution in [0.1, 0.15) is 72.3 Å². The predicted octanol–water partition coefficient (Wildman–Crippen LogP) is 5.07. The molecule has 1 aromatic rings. The first-order chi connectivity index (χ1) is 15.0. The van der Waals surface area contributed by atoms with Crippen LogP contribution in [-0.2, 0) is 20.9 Å². The number of carbonyl (C=O) groups excluding carboxylic acids is 2. The van der Waals surface area contributed by atoms with E-state index in [9.17, 15) is 9.59 Å². The first-order valence-electron chi connectivity index (χ1n) is 12.0. The summed E-state index contributed by atoms with van der Waals surface area (Å²) < 4.78 is 5.86. The van der Waals surface area contributed by atoms with Crippen LogP contribution in [0.3, 0.4) is 0 Å². The molecule has 0 bridgehead atoms. The molecule has 6 nitrogen and oxygen atoms in total. The molecule has 1 saturated heterocycles. The Morgan fingerprint density at radius 3 is 2.41 bits per heavy atom. The van der Waals surface area contributed by atoms with E-state index in [2.05, 4.69) is 44.8 Å². The van der Waals surface area contributed by atoms with Crippen molar-refractivity contribution < 1.29 is 14.3 Å². The molecule has 1 aliphatic heterocycles. The molecular formula is C26H43N3O3. The standard InChI is InChI=1S/C26H43N3O3/c1-8-19(9-2)25(31)29(18-22-11-10-14-32-22)17-20-15-21(12-13-23(20)28(6)7)27-24(30)16-26(3,4)5/h12-13,15,19,22H,8-11,14,16-18H2,1-7H3,(H,27,30). The zero-order valence-electron chi connectivity index (χ0n) is 21.2. The number of nitrogens with one attached hydrogen (secondary N) is 1. The summed E-state index contributed by atoms with van der Waals surface area (Å²) in [5.41, 5.74) is 2.78. The third kappa shape index (κ3) is 7.80. The van der Waals surface area contributed by atoms with Crippen molar-refractivity contribution in [3.63, 3.8) is 0 Å². The maximum absolute atomic E-state index is 13.4. The van der Waals surface area contributed by atoms with Crippen molar-refractivity contribution in [2.24, 2.45) is 11.3 Å². The van der Waals surface area contributed by atoms with Crippen LogP contribution in [0.25, 0.3) is 0 Å². The van der Waals surface area contributed by atoms with Crippen LogP contribution < -0.4 is 10.2 Å². The maximum Gasteiger partial charge on any atom is 0.226 e. The Bertz CT molecular complexity index is 760. The second-order valence-corrected chi connectivity index (χ2v) is 10.4. The van der Waals surface area contributed by atoms with Crippen LogP contribution in [0.4, 0.5) is 11.4 Å². The van der Waals surface area contributed by atoms with Gasteiger partial charge >= 0.3 is 0 Å². The average Bonchev–Trinajstić information content (AvgIpc) is 3.20. The second-order valence-electron chi connectivity index (χ2n) is 10.4. The van der Waals surface area contributed by atoms with Crippen LogP contribution in [0.15, 0.2) is 18.2 Å². The lowest BCUT2D eigenvalue weighted by atomic mass is 9.92. The Balaban J connectivity index is 2.30. The highest BCUT2D eigenvalue weighted by atomic mass is 16.5. The van der Waals surface area contributed by atoms with Gasteiger partial charge in [-0.1, -0.05) is 34.6 Å². The minimum atomic E-state index is -0.0731. The van der Waals surface area contributed by atoms with Gasteiger partial charge < -0.3 is 19.9 Å². The first kappa shape index (κ1) is 26.2. The minimum absolute atomic E-state index is 0.00497. The smallest absolute Gasteiger partial charge is 0.226 e. The normalized spacial score (nSPS) is 16.3. The summed E-state index contributed by atoms with van der Waals surface area (Å²) in [5.74, 6) is 0.219. The second kappa shape index (κ2) is 11.7. The molecule has 1 heterocycles. The molecule has 1 aliphatic rings. The van der Waals surface area contributed by atoms with Crippen molar-refractivity contribution in [3.05, 3.63) is 23.8 Å². The van der Waals surface area contributed by atoms with Gasteiger partial charge in [-0.2, -0.15) is 0 Å². The fourth-order valence-corrected chi connectivity index (χ4v) is 4.28. The van der Waals surface area contributed by atoms with Crippen molar-refractivity contribution in [2.45, 2.75) is 79.4 Å². The van der Waals surface area contributed by atoms with Gasteiger partial charge in [0, 0.05) is 57.5 Å². The predicted molar refractivity (Wildman–Crippen MR) is 132 cm³/mol. The van der Waals surface area contributed by atoms with Gasteiger partial charge in [0.25, 0.3) is 0 Å². The molecule has 2 amide bonds. The van der Waals surface area contributed by atoms with E-state index in [0.717, 1.165) is 49.2 Å². The zero-order chi connectivity index (χ0) is 23.9. The number of ether oxygens (including phenoxy) is 1. The van der Waals surface area contributed by atoms with Crippen molar-refractivity contribution in [1.29, 1.82) is 0 Å². The van der Waals surface area contributed by atoms with Crippen LogP contribution >= 0.6 is 0 Å². The molecule has 0 saturated carbocycles. The number of hydrogen-bond acceptors (Lipinski definition) is 4.